The molecule has 0 saturated heterocycles. The molecule has 0 aliphatic carbocycles. The monoisotopic (exact) mass is 540 g/mol. The van der Waals surface area contributed by atoms with Crippen LogP contribution in [0.5, 0.6) is 5.75 Å². The van der Waals surface area contributed by atoms with E-state index >= 15 is 0 Å². The number of fused-ring (bicyclic) bond motifs is 1. The molecule has 31 heavy (non-hydrogen) atoms. The van der Waals surface area contributed by atoms with Gasteiger partial charge in [-0.15, -0.1) is 0 Å². The van der Waals surface area contributed by atoms with Crippen LogP contribution in [0.2, 0.25) is 5.02 Å². The molecule has 0 heterocycles. The third kappa shape index (κ3) is 5.62. The number of rotatable bonds is 6. The molecule has 0 saturated carbocycles. The van der Waals surface area contributed by atoms with Crippen LogP contribution >= 0.6 is 34.2 Å². The highest BCUT2D eigenvalue weighted by atomic mass is 127. The minimum Gasteiger partial charge on any atom is -0.488 e. The lowest BCUT2D eigenvalue weighted by Crippen LogP contribution is -2.17. The van der Waals surface area contributed by atoms with Crippen LogP contribution in [0, 0.1) is 3.57 Å². The fraction of sp³-hybridized carbons (Fsp3) is 0.0400. The van der Waals surface area contributed by atoms with Crippen molar-refractivity contribution in [1.82, 2.24) is 5.43 Å². The third-order valence-corrected chi connectivity index (χ3v) is 5.75. The van der Waals surface area contributed by atoms with E-state index < -0.39 is 0 Å². The summed E-state index contributed by atoms with van der Waals surface area (Å²) >= 11 is 8.07. The fourth-order valence-electron chi connectivity index (χ4n) is 3.04. The van der Waals surface area contributed by atoms with E-state index in [1.807, 2.05) is 30.3 Å². The number of halogens is 2. The highest BCUT2D eigenvalue weighted by Crippen LogP contribution is 2.23. The number of nitrogens with one attached hydrogen (secondary N) is 1. The van der Waals surface area contributed by atoms with E-state index in [1.54, 1.807) is 30.5 Å². The maximum Gasteiger partial charge on any atom is 0.271 e. The Morgan fingerprint density at radius 1 is 0.968 bits per heavy atom. The maximum absolute atomic E-state index is 12.1. The quantitative estimate of drug-likeness (QED) is 0.174. The molecule has 4 aromatic carbocycles. The smallest absolute Gasteiger partial charge is 0.271 e. The molecule has 0 fully saturated rings. The van der Waals surface area contributed by atoms with Gasteiger partial charge in [0.25, 0.3) is 5.91 Å². The van der Waals surface area contributed by atoms with Gasteiger partial charge >= 0.3 is 0 Å². The average Bonchev–Trinajstić information content (AvgIpc) is 2.79. The second kappa shape index (κ2) is 9.94. The average molecular weight is 541 g/mol. The molecule has 4 nitrogen and oxygen atoms in total. The molecule has 4 rings (SSSR count). The number of carbonyl (C=O) groups excluding carboxylic acids is 1. The first kappa shape index (κ1) is 21.3. The normalized spacial score (nSPS) is 11.0. The SMILES string of the molecule is O=C(N/N=C\c1ccc(OCc2ccc3ccccc3c2)c(I)c1)c1ccc(Cl)cc1. The van der Waals surface area contributed by atoms with Gasteiger partial charge in [0.1, 0.15) is 12.4 Å². The van der Waals surface area contributed by atoms with Crippen molar-refractivity contribution in [1.29, 1.82) is 0 Å². The first-order chi connectivity index (χ1) is 15.1. The molecule has 0 atom stereocenters. The van der Waals surface area contributed by atoms with E-state index in [-0.39, 0.29) is 5.91 Å². The zero-order valence-electron chi connectivity index (χ0n) is 16.4. The van der Waals surface area contributed by atoms with Crippen molar-refractivity contribution in [3.8, 4) is 5.75 Å². The summed E-state index contributed by atoms with van der Waals surface area (Å²) in [6.45, 7) is 0.491. The number of hydrogen-bond acceptors (Lipinski definition) is 3. The predicted molar refractivity (Wildman–Crippen MR) is 134 cm³/mol. The highest BCUT2D eigenvalue weighted by Gasteiger charge is 2.05. The largest absolute Gasteiger partial charge is 0.488 e. The van der Waals surface area contributed by atoms with Crippen molar-refractivity contribution in [2.24, 2.45) is 5.10 Å². The van der Waals surface area contributed by atoms with Gasteiger partial charge in [0.2, 0.25) is 0 Å². The molecule has 0 radical (unpaired) electrons. The first-order valence-corrected chi connectivity index (χ1v) is 11.0. The summed E-state index contributed by atoms with van der Waals surface area (Å²) in [6, 6.07) is 27.0. The van der Waals surface area contributed by atoms with Crippen LogP contribution in [0.1, 0.15) is 21.5 Å². The number of hydrogen-bond donors (Lipinski definition) is 1. The Hall–Kier alpha value is -2.90. The van der Waals surface area contributed by atoms with Crippen LogP contribution in [0.15, 0.2) is 90.0 Å². The Labute approximate surface area is 199 Å². The molecule has 0 aromatic heterocycles. The third-order valence-electron chi connectivity index (χ3n) is 4.65. The van der Waals surface area contributed by atoms with Crippen LogP contribution in [0.4, 0.5) is 0 Å². The van der Waals surface area contributed by atoms with Gasteiger partial charge in [-0.25, -0.2) is 5.43 Å². The van der Waals surface area contributed by atoms with Gasteiger partial charge in [0.15, 0.2) is 0 Å². The van der Waals surface area contributed by atoms with Crippen molar-refractivity contribution in [3.05, 3.63) is 110 Å². The summed E-state index contributed by atoms with van der Waals surface area (Å²) in [6.07, 6.45) is 1.60. The summed E-state index contributed by atoms with van der Waals surface area (Å²) in [7, 11) is 0. The zero-order chi connectivity index (χ0) is 21.6. The fourth-order valence-corrected chi connectivity index (χ4v) is 3.86. The number of amides is 1. The van der Waals surface area contributed by atoms with E-state index in [9.17, 15) is 4.79 Å². The van der Waals surface area contributed by atoms with Crippen LogP contribution in [0.3, 0.4) is 0 Å². The Bertz CT molecular complexity index is 1260. The molecule has 0 spiro atoms. The topological polar surface area (TPSA) is 50.7 Å². The van der Waals surface area contributed by atoms with Crippen molar-refractivity contribution in [3.63, 3.8) is 0 Å². The lowest BCUT2D eigenvalue weighted by molar-refractivity contribution is 0.0955. The number of ether oxygens (including phenoxy) is 1. The molecule has 0 bridgehead atoms. The second-order valence-electron chi connectivity index (χ2n) is 6.87. The summed E-state index contributed by atoms with van der Waals surface area (Å²) in [5.41, 5.74) is 4.99. The molecule has 1 N–H and O–H groups in total. The van der Waals surface area contributed by atoms with Gasteiger partial charge < -0.3 is 4.74 Å². The van der Waals surface area contributed by atoms with Crippen LogP contribution < -0.4 is 10.2 Å². The summed E-state index contributed by atoms with van der Waals surface area (Å²) in [5, 5.41) is 7.03. The highest BCUT2D eigenvalue weighted by molar-refractivity contribution is 14.1. The van der Waals surface area contributed by atoms with Crippen LogP contribution in [-0.2, 0) is 6.61 Å². The first-order valence-electron chi connectivity index (χ1n) is 9.57. The molecular weight excluding hydrogens is 523 g/mol. The van der Waals surface area contributed by atoms with Crippen LogP contribution in [-0.4, -0.2) is 12.1 Å². The van der Waals surface area contributed by atoms with Gasteiger partial charge in [0.05, 0.1) is 9.78 Å². The van der Waals surface area contributed by atoms with E-state index in [0.29, 0.717) is 17.2 Å². The Morgan fingerprint density at radius 3 is 2.52 bits per heavy atom. The summed E-state index contributed by atoms with van der Waals surface area (Å²) in [4.78, 5) is 12.1. The molecule has 0 aliphatic heterocycles. The van der Waals surface area contributed by atoms with E-state index in [4.69, 9.17) is 16.3 Å². The van der Waals surface area contributed by atoms with Gasteiger partial charge in [-0.05, 0) is 93.0 Å². The van der Waals surface area contributed by atoms with Gasteiger partial charge in [0, 0.05) is 10.6 Å². The van der Waals surface area contributed by atoms with Gasteiger partial charge in [-0.2, -0.15) is 5.10 Å². The predicted octanol–water partition coefficient (Wildman–Crippen LogP) is 6.44. The molecule has 6 heteroatoms. The Morgan fingerprint density at radius 2 is 1.74 bits per heavy atom. The second-order valence-corrected chi connectivity index (χ2v) is 8.46. The number of carbonyl (C=O) groups is 1. The number of hydrazone groups is 1. The van der Waals surface area contributed by atoms with E-state index in [1.165, 1.54) is 10.8 Å². The Kier molecular flexibility index (Phi) is 6.84. The minimum absolute atomic E-state index is 0.294. The summed E-state index contributed by atoms with van der Waals surface area (Å²) in [5.74, 6) is 0.508. The molecule has 0 aliphatic rings. The van der Waals surface area contributed by atoms with Crippen LogP contribution in [0.25, 0.3) is 10.8 Å². The van der Waals surface area contributed by atoms with Crippen molar-refractivity contribution in [2.45, 2.75) is 6.61 Å². The lowest BCUT2D eigenvalue weighted by atomic mass is 10.1. The summed E-state index contributed by atoms with van der Waals surface area (Å²) < 4.78 is 6.97. The zero-order valence-corrected chi connectivity index (χ0v) is 19.3. The van der Waals surface area contributed by atoms with Crippen molar-refractivity contribution in [2.75, 3.05) is 0 Å². The number of nitrogens with zero attached hydrogens (tertiary/aromatic N) is 1. The molecule has 4 aromatic rings. The van der Waals surface area contributed by atoms with E-state index in [0.717, 1.165) is 20.4 Å². The standard InChI is InChI=1S/C25H18ClIN2O2/c26-22-10-8-20(9-11-22)25(30)29-28-15-17-6-12-24(23(27)14-17)31-16-18-5-7-19-3-1-2-4-21(19)13-18/h1-15H,16H2,(H,29,30)/b28-15-. The lowest BCUT2D eigenvalue weighted by Gasteiger charge is -2.10. The van der Waals surface area contributed by atoms with Crippen molar-refractivity contribution < 1.29 is 9.53 Å². The minimum atomic E-state index is -0.294. The molecular formula is C25H18ClIN2O2. The van der Waals surface area contributed by atoms with Gasteiger partial charge in [-0.1, -0.05) is 48.0 Å². The van der Waals surface area contributed by atoms with Crippen molar-refractivity contribution >= 4 is 57.1 Å². The Balaban J connectivity index is 1.36. The maximum atomic E-state index is 12.1. The molecule has 154 valence electrons. The molecule has 0 unspecified atom stereocenters. The van der Waals surface area contributed by atoms with Gasteiger partial charge in [-0.3, -0.25) is 4.79 Å². The number of benzene rings is 4. The van der Waals surface area contributed by atoms with E-state index in [2.05, 4.69) is 63.4 Å². The molecule has 1 amide bonds.